The lowest BCUT2D eigenvalue weighted by Crippen LogP contribution is -2.52. The fourth-order valence-corrected chi connectivity index (χ4v) is 4.09. The second-order valence-electron chi connectivity index (χ2n) is 8.25. The highest BCUT2D eigenvalue weighted by molar-refractivity contribution is 6.30. The van der Waals surface area contributed by atoms with E-state index >= 15 is 0 Å². The first-order valence-electron chi connectivity index (χ1n) is 11.2. The summed E-state index contributed by atoms with van der Waals surface area (Å²) >= 11 is 5.94. The maximum absolute atomic E-state index is 12.9. The quantitative estimate of drug-likeness (QED) is 0.384. The lowest BCUT2D eigenvalue weighted by molar-refractivity contribution is -0.142. The van der Waals surface area contributed by atoms with Crippen molar-refractivity contribution in [2.45, 2.75) is 70.1 Å². The Morgan fingerprint density at radius 2 is 1.85 bits per heavy atom. The minimum atomic E-state index is -1.24. The Balaban J connectivity index is 2.01. The van der Waals surface area contributed by atoms with Crippen LogP contribution in [-0.2, 0) is 25.7 Å². The van der Waals surface area contributed by atoms with Gasteiger partial charge in [-0.2, -0.15) is 0 Å². The monoisotopic (exact) mass is 481 g/mol. The second-order valence-corrected chi connectivity index (χ2v) is 8.69. The van der Waals surface area contributed by atoms with E-state index in [1.165, 1.54) is 7.05 Å². The van der Waals surface area contributed by atoms with Crippen molar-refractivity contribution in [3.05, 3.63) is 34.9 Å². The molecule has 1 aliphatic rings. The molecule has 2 rings (SSSR count). The zero-order valence-electron chi connectivity index (χ0n) is 18.8. The number of amides is 3. The van der Waals surface area contributed by atoms with E-state index in [9.17, 15) is 24.3 Å². The number of carbonyl (C=O) groups excluding carboxylic acids is 3. The standard InChI is InChI=1S/C23H32ClN3O6/c1-25-20(28)11-10-18(22(30)31)26-21(29)19(13-15-6-3-2-4-7-15)27-23(32)33-14-16-8-5-9-17(24)12-16/h5,8-9,12,15,18-19H,2-4,6-7,10-11,13-14H2,1H3,(H,25,28)(H,26,29)(H,27,32)(H,30,31)/t18-,19-/m0/s1. The van der Waals surface area contributed by atoms with Gasteiger partial charge in [-0.15, -0.1) is 0 Å². The number of rotatable bonds is 11. The first kappa shape index (κ1) is 26.4. The Labute approximate surface area is 198 Å². The summed E-state index contributed by atoms with van der Waals surface area (Å²) in [6.45, 7) is -0.0198. The van der Waals surface area contributed by atoms with E-state index in [2.05, 4.69) is 16.0 Å². The number of carbonyl (C=O) groups is 4. The van der Waals surface area contributed by atoms with Crippen molar-refractivity contribution in [1.82, 2.24) is 16.0 Å². The van der Waals surface area contributed by atoms with Gasteiger partial charge in [-0.05, 0) is 36.5 Å². The smallest absolute Gasteiger partial charge is 0.408 e. The summed E-state index contributed by atoms with van der Waals surface area (Å²) in [6, 6.07) is 4.69. The van der Waals surface area contributed by atoms with Crippen molar-refractivity contribution in [2.24, 2.45) is 5.92 Å². The topological polar surface area (TPSA) is 134 Å². The molecule has 1 aromatic rings. The molecule has 0 radical (unpaired) electrons. The highest BCUT2D eigenvalue weighted by Crippen LogP contribution is 2.27. The van der Waals surface area contributed by atoms with Crippen LogP contribution in [0.4, 0.5) is 4.79 Å². The minimum absolute atomic E-state index is 0.0198. The van der Waals surface area contributed by atoms with Crippen molar-refractivity contribution in [2.75, 3.05) is 7.05 Å². The summed E-state index contributed by atoms with van der Waals surface area (Å²) in [4.78, 5) is 48.4. The number of halogens is 1. The van der Waals surface area contributed by atoms with Crippen LogP contribution in [0.5, 0.6) is 0 Å². The molecule has 1 aromatic carbocycles. The molecule has 0 unspecified atom stereocenters. The molecule has 33 heavy (non-hydrogen) atoms. The van der Waals surface area contributed by atoms with Gasteiger partial charge in [0, 0.05) is 18.5 Å². The van der Waals surface area contributed by atoms with E-state index in [-0.39, 0.29) is 31.3 Å². The molecule has 2 atom stereocenters. The van der Waals surface area contributed by atoms with Crippen LogP contribution in [0.3, 0.4) is 0 Å². The van der Waals surface area contributed by atoms with Gasteiger partial charge >= 0.3 is 12.1 Å². The van der Waals surface area contributed by atoms with Crippen LogP contribution in [-0.4, -0.2) is 48.1 Å². The number of carboxylic acid groups (broad SMARTS) is 1. The molecule has 0 aromatic heterocycles. The molecule has 1 saturated carbocycles. The molecule has 1 fully saturated rings. The van der Waals surface area contributed by atoms with Gasteiger partial charge in [0.05, 0.1) is 0 Å². The van der Waals surface area contributed by atoms with Crippen molar-refractivity contribution < 1.29 is 29.0 Å². The zero-order chi connectivity index (χ0) is 24.2. The molecule has 0 bridgehead atoms. The molecule has 9 nitrogen and oxygen atoms in total. The molecule has 4 N–H and O–H groups in total. The van der Waals surface area contributed by atoms with Crippen LogP contribution in [0.15, 0.2) is 24.3 Å². The van der Waals surface area contributed by atoms with Crippen LogP contribution in [0.2, 0.25) is 5.02 Å². The van der Waals surface area contributed by atoms with Gasteiger partial charge in [0.1, 0.15) is 18.7 Å². The summed E-state index contributed by atoms with van der Waals surface area (Å²) < 4.78 is 5.24. The molecular weight excluding hydrogens is 450 g/mol. The van der Waals surface area contributed by atoms with Gasteiger partial charge in [-0.25, -0.2) is 9.59 Å². The molecule has 3 amide bonds. The SMILES string of the molecule is CNC(=O)CC[C@H](NC(=O)[C@H](CC1CCCCC1)NC(=O)OCc1cccc(Cl)c1)C(=O)O. The largest absolute Gasteiger partial charge is 0.480 e. The van der Waals surface area contributed by atoms with Gasteiger partial charge in [0.2, 0.25) is 11.8 Å². The molecule has 0 spiro atoms. The average molecular weight is 482 g/mol. The van der Waals surface area contributed by atoms with Crippen LogP contribution in [0.25, 0.3) is 0 Å². The maximum atomic E-state index is 12.9. The molecule has 182 valence electrons. The predicted octanol–water partition coefficient (Wildman–Crippen LogP) is 3.00. The number of hydrogen-bond acceptors (Lipinski definition) is 5. The van der Waals surface area contributed by atoms with E-state index in [4.69, 9.17) is 16.3 Å². The second kappa shape index (κ2) is 13.7. The van der Waals surface area contributed by atoms with Crippen LogP contribution in [0.1, 0.15) is 56.9 Å². The third-order valence-corrected chi connectivity index (χ3v) is 5.95. The molecular formula is C23H32ClN3O6. The van der Waals surface area contributed by atoms with Crippen LogP contribution in [0, 0.1) is 5.92 Å². The average Bonchev–Trinajstić information content (AvgIpc) is 2.80. The first-order valence-corrected chi connectivity index (χ1v) is 11.6. The summed E-state index contributed by atoms with van der Waals surface area (Å²) in [5.41, 5.74) is 0.700. The number of benzene rings is 1. The molecule has 10 heteroatoms. The zero-order valence-corrected chi connectivity index (χ0v) is 19.5. The summed E-state index contributed by atoms with van der Waals surface area (Å²) in [5.74, 6) is -1.93. The molecule has 0 saturated heterocycles. The van der Waals surface area contributed by atoms with E-state index in [0.717, 1.165) is 32.1 Å². The lowest BCUT2D eigenvalue weighted by atomic mass is 9.84. The van der Waals surface area contributed by atoms with Gasteiger partial charge in [-0.1, -0.05) is 55.8 Å². The first-order chi connectivity index (χ1) is 15.8. The summed E-state index contributed by atoms with van der Waals surface area (Å²) in [5, 5.41) is 17.4. The van der Waals surface area contributed by atoms with Crippen LogP contribution < -0.4 is 16.0 Å². The Morgan fingerprint density at radius 3 is 2.48 bits per heavy atom. The molecule has 0 aliphatic heterocycles. The molecule has 1 aliphatic carbocycles. The summed E-state index contributed by atoms with van der Waals surface area (Å²) in [6.07, 6.45) is 4.66. The minimum Gasteiger partial charge on any atom is -0.480 e. The van der Waals surface area contributed by atoms with Gasteiger partial charge in [0.15, 0.2) is 0 Å². The fraction of sp³-hybridized carbons (Fsp3) is 0.565. The predicted molar refractivity (Wildman–Crippen MR) is 123 cm³/mol. The number of hydrogen-bond donors (Lipinski definition) is 4. The third kappa shape index (κ3) is 9.69. The number of aliphatic carboxylic acids is 1. The van der Waals surface area contributed by atoms with Crippen molar-refractivity contribution >= 4 is 35.5 Å². The van der Waals surface area contributed by atoms with E-state index in [1.807, 2.05) is 0 Å². The fourth-order valence-electron chi connectivity index (χ4n) is 3.88. The normalized spacial score (nSPS) is 15.7. The van der Waals surface area contributed by atoms with Gasteiger partial charge < -0.3 is 25.8 Å². The highest BCUT2D eigenvalue weighted by Gasteiger charge is 2.30. The van der Waals surface area contributed by atoms with Gasteiger partial charge in [0.25, 0.3) is 0 Å². The van der Waals surface area contributed by atoms with Crippen LogP contribution >= 0.6 is 11.6 Å². The number of alkyl carbamates (subject to hydrolysis) is 1. The van der Waals surface area contributed by atoms with E-state index in [1.54, 1.807) is 24.3 Å². The van der Waals surface area contributed by atoms with Crippen molar-refractivity contribution in [1.29, 1.82) is 0 Å². The molecule has 0 heterocycles. The van der Waals surface area contributed by atoms with E-state index < -0.39 is 30.1 Å². The number of carboxylic acids is 1. The summed E-state index contributed by atoms with van der Waals surface area (Å²) in [7, 11) is 1.45. The van der Waals surface area contributed by atoms with E-state index in [0.29, 0.717) is 17.0 Å². The Hall–Kier alpha value is -2.81. The Kier molecular flexibility index (Phi) is 11.0. The Morgan fingerprint density at radius 1 is 1.12 bits per heavy atom. The lowest BCUT2D eigenvalue weighted by Gasteiger charge is -2.27. The number of nitrogens with one attached hydrogen (secondary N) is 3. The highest BCUT2D eigenvalue weighted by atomic mass is 35.5. The third-order valence-electron chi connectivity index (χ3n) is 5.71. The maximum Gasteiger partial charge on any atom is 0.408 e. The van der Waals surface area contributed by atoms with Crippen molar-refractivity contribution in [3.8, 4) is 0 Å². The Bertz CT molecular complexity index is 828. The number of ether oxygens (including phenoxy) is 1. The van der Waals surface area contributed by atoms with Crippen molar-refractivity contribution in [3.63, 3.8) is 0 Å². The van der Waals surface area contributed by atoms with Gasteiger partial charge in [-0.3, -0.25) is 9.59 Å².